The highest BCUT2D eigenvalue weighted by molar-refractivity contribution is 5.91. The molecule has 1 heterocycles. The summed E-state index contributed by atoms with van der Waals surface area (Å²) < 4.78 is 55.8. The van der Waals surface area contributed by atoms with E-state index in [9.17, 15) is 27.2 Å². The molecule has 1 aliphatic heterocycles. The Bertz CT molecular complexity index is 635. The number of nitrogens with one attached hydrogen (secondary N) is 1. The van der Waals surface area contributed by atoms with Crippen LogP contribution in [0.3, 0.4) is 0 Å². The summed E-state index contributed by atoms with van der Waals surface area (Å²) in [6.45, 7) is -0.465. The number of anilines is 1. The van der Waals surface area contributed by atoms with Gasteiger partial charge in [0.1, 0.15) is 0 Å². The van der Waals surface area contributed by atoms with Gasteiger partial charge in [0.25, 0.3) is 0 Å². The smallest absolute Gasteiger partial charge is 0.393 e. The van der Waals surface area contributed by atoms with E-state index in [4.69, 9.17) is 0 Å². The summed E-state index contributed by atoms with van der Waals surface area (Å²) in [5.74, 6) is -1.05. The van der Waals surface area contributed by atoms with Crippen LogP contribution < -0.4 is 5.32 Å². The topological polar surface area (TPSA) is 58.6 Å². The SMILES string of the molecule is COC(=O)[C@@]1(F)CCN(C(=O)Nc2cccc(CC(F)(F)F)c2)C1. The molecule has 132 valence electrons. The van der Waals surface area contributed by atoms with Gasteiger partial charge in [0.15, 0.2) is 0 Å². The van der Waals surface area contributed by atoms with E-state index in [0.29, 0.717) is 0 Å². The van der Waals surface area contributed by atoms with Crippen LogP contribution in [0.25, 0.3) is 0 Å². The van der Waals surface area contributed by atoms with Gasteiger partial charge in [0.05, 0.1) is 20.1 Å². The average molecular weight is 348 g/mol. The summed E-state index contributed by atoms with van der Waals surface area (Å²) >= 11 is 0. The number of hydrogen-bond donors (Lipinski definition) is 1. The van der Waals surface area contributed by atoms with E-state index in [1.807, 2.05) is 0 Å². The first-order valence-electron chi connectivity index (χ1n) is 7.12. The van der Waals surface area contributed by atoms with Gasteiger partial charge in [-0.1, -0.05) is 12.1 Å². The number of carbonyl (C=O) groups is 2. The number of nitrogens with zero attached hydrogens (tertiary/aromatic N) is 1. The molecule has 5 nitrogen and oxygen atoms in total. The van der Waals surface area contributed by atoms with Crippen molar-refractivity contribution in [3.63, 3.8) is 0 Å². The number of alkyl halides is 4. The zero-order chi connectivity index (χ0) is 18.0. The number of hydrogen-bond acceptors (Lipinski definition) is 3. The Kier molecular flexibility index (Phi) is 5.00. The summed E-state index contributed by atoms with van der Waals surface area (Å²) in [6, 6.07) is 4.61. The first-order valence-corrected chi connectivity index (χ1v) is 7.12. The largest absolute Gasteiger partial charge is 0.467 e. The van der Waals surface area contributed by atoms with Crippen molar-refractivity contribution >= 4 is 17.7 Å². The number of esters is 1. The van der Waals surface area contributed by atoms with Crippen LogP contribution in [0.15, 0.2) is 24.3 Å². The van der Waals surface area contributed by atoms with Gasteiger partial charge in [-0.2, -0.15) is 13.2 Å². The normalized spacial score (nSPS) is 20.8. The summed E-state index contributed by atoms with van der Waals surface area (Å²) in [4.78, 5) is 24.5. The molecule has 0 saturated carbocycles. The third-order valence-corrected chi connectivity index (χ3v) is 3.64. The van der Waals surface area contributed by atoms with Gasteiger partial charge in [-0.05, 0) is 17.7 Å². The van der Waals surface area contributed by atoms with Gasteiger partial charge >= 0.3 is 18.2 Å². The maximum Gasteiger partial charge on any atom is 0.393 e. The third kappa shape index (κ3) is 4.36. The molecule has 0 bridgehead atoms. The predicted octanol–water partition coefficient (Wildman–Crippen LogP) is 2.91. The minimum atomic E-state index is -4.36. The zero-order valence-electron chi connectivity index (χ0n) is 12.8. The van der Waals surface area contributed by atoms with Crippen LogP contribution in [-0.2, 0) is 16.0 Å². The van der Waals surface area contributed by atoms with Crippen LogP contribution in [0.1, 0.15) is 12.0 Å². The van der Waals surface area contributed by atoms with Crippen LogP contribution in [0.4, 0.5) is 28.0 Å². The highest BCUT2D eigenvalue weighted by Gasteiger charge is 2.47. The summed E-state index contributed by atoms with van der Waals surface area (Å²) in [5.41, 5.74) is -2.10. The first-order chi connectivity index (χ1) is 11.1. The molecule has 2 rings (SSSR count). The van der Waals surface area contributed by atoms with Gasteiger partial charge in [-0.25, -0.2) is 14.0 Å². The average Bonchev–Trinajstić information content (AvgIpc) is 2.89. The van der Waals surface area contributed by atoms with Crippen molar-refractivity contribution in [1.82, 2.24) is 4.90 Å². The van der Waals surface area contributed by atoms with Crippen molar-refractivity contribution in [2.75, 3.05) is 25.5 Å². The molecule has 9 heteroatoms. The van der Waals surface area contributed by atoms with Crippen LogP contribution in [0.2, 0.25) is 0 Å². The molecule has 0 aromatic heterocycles. The van der Waals surface area contributed by atoms with Gasteiger partial charge < -0.3 is 15.0 Å². The zero-order valence-corrected chi connectivity index (χ0v) is 12.8. The molecule has 1 aromatic rings. The molecular formula is C15H16F4N2O3. The van der Waals surface area contributed by atoms with E-state index in [1.165, 1.54) is 24.3 Å². The Morgan fingerprint density at radius 1 is 1.38 bits per heavy atom. The lowest BCUT2D eigenvalue weighted by Crippen LogP contribution is -2.41. The Morgan fingerprint density at radius 3 is 2.71 bits per heavy atom. The molecule has 0 unspecified atom stereocenters. The maximum atomic E-state index is 14.3. The molecular weight excluding hydrogens is 332 g/mol. The Hall–Kier alpha value is -2.32. The molecule has 1 atom stereocenters. The van der Waals surface area contributed by atoms with E-state index < -0.39 is 36.8 Å². The number of benzene rings is 1. The van der Waals surface area contributed by atoms with Gasteiger partial charge in [-0.3, -0.25) is 0 Å². The third-order valence-electron chi connectivity index (χ3n) is 3.64. The van der Waals surface area contributed by atoms with Crippen molar-refractivity contribution in [2.24, 2.45) is 0 Å². The lowest BCUT2D eigenvalue weighted by molar-refractivity contribution is -0.153. The maximum absolute atomic E-state index is 14.3. The fourth-order valence-electron chi connectivity index (χ4n) is 2.49. The fourth-order valence-corrected chi connectivity index (χ4v) is 2.49. The quantitative estimate of drug-likeness (QED) is 0.675. The van der Waals surface area contributed by atoms with Crippen molar-refractivity contribution in [3.8, 4) is 0 Å². The molecule has 2 amide bonds. The molecule has 1 aromatic carbocycles. The van der Waals surface area contributed by atoms with Crippen LogP contribution >= 0.6 is 0 Å². The second-order valence-electron chi connectivity index (χ2n) is 5.55. The summed E-state index contributed by atoms with van der Waals surface area (Å²) in [7, 11) is 1.05. The number of carbonyl (C=O) groups excluding carboxylic acids is 2. The first kappa shape index (κ1) is 18.0. The molecule has 1 N–H and O–H groups in total. The van der Waals surface area contributed by atoms with Crippen molar-refractivity contribution in [3.05, 3.63) is 29.8 Å². The van der Waals surface area contributed by atoms with Gasteiger partial charge in [0, 0.05) is 18.7 Å². The molecule has 0 radical (unpaired) electrons. The Balaban J connectivity index is 2.01. The van der Waals surface area contributed by atoms with E-state index >= 15 is 0 Å². The minimum absolute atomic E-state index is 0.000322. The lowest BCUT2D eigenvalue weighted by Gasteiger charge is -2.19. The molecule has 1 fully saturated rings. The van der Waals surface area contributed by atoms with Crippen molar-refractivity contribution in [2.45, 2.75) is 24.7 Å². The molecule has 24 heavy (non-hydrogen) atoms. The monoisotopic (exact) mass is 348 g/mol. The minimum Gasteiger partial charge on any atom is -0.467 e. The van der Waals surface area contributed by atoms with Gasteiger partial charge in [-0.15, -0.1) is 0 Å². The second kappa shape index (κ2) is 6.66. The Morgan fingerprint density at radius 2 is 2.08 bits per heavy atom. The highest BCUT2D eigenvalue weighted by atomic mass is 19.4. The van der Waals surface area contributed by atoms with Crippen LogP contribution in [-0.4, -0.2) is 48.9 Å². The summed E-state index contributed by atoms with van der Waals surface area (Å²) in [5, 5.41) is 2.41. The number of halogens is 4. The number of rotatable bonds is 3. The number of ether oxygens (including phenoxy) is 1. The summed E-state index contributed by atoms with van der Waals surface area (Å²) in [6.07, 6.45) is -5.66. The fraction of sp³-hybridized carbons (Fsp3) is 0.467. The van der Waals surface area contributed by atoms with Gasteiger partial charge in [0.2, 0.25) is 5.67 Å². The van der Waals surface area contributed by atoms with Crippen LogP contribution in [0, 0.1) is 0 Å². The molecule has 0 aliphatic carbocycles. The van der Waals surface area contributed by atoms with Crippen molar-refractivity contribution in [1.29, 1.82) is 0 Å². The van der Waals surface area contributed by atoms with E-state index in [-0.39, 0.29) is 24.2 Å². The number of likely N-dealkylation sites (tertiary alicyclic amines) is 1. The molecule has 1 aliphatic rings. The van der Waals surface area contributed by atoms with E-state index in [0.717, 1.165) is 12.0 Å². The number of amides is 2. The van der Waals surface area contributed by atoms with Crippen LogP contribution in [0.5, 0.6) is 0 Å². The standard InChI is InChI=1S/C15H16F4N2O3/c1-24-12(22)14(16)5-6-21(9-14)13(23)20-11-4-2-3-10(7-11)8-15(17,18)19/h2-4,7H,5-6,8-9H2,1H3,(H,20,23)/t14-/m1/s1. The van der Waals surface area contributed by atoms with E-state index in [2.05, 4.69) is 10.1 Å². The molecule has 0 spiro atoms. The second-order valence-corrected chi connectivity index (χ2v) is 5.55. The Labute approximate surface area is 135 Å². The lowest BCUT2D eigenvalue weighted by atomic mass is 10.1. The van der Waals surface area contributed by atoms with E-state index in [1.54, 1.807) is 0 Å². The highest BCUT2D eigenvalue weighted by Crippen LogP contribution is 2.28. The predicted molar refractivity (Wildman–Crippen MR) is 77.3 cm³/mol. The number of urea groups is 1. The number of methoxy groups -OCH3 is 1. The molecule has 1 saturated heterocycles. The van der Waals surface area contributed by atoms with Crippen molar-refractivity contribution < 1.29 is 31.9 Å².